The number of carbonyl (C=O) groups excluding carboxylic acids is 1. The van der Waals surface area contributed by atoms with Gasteiger partial charge >= 0.3 is 11.9 Å². The zero-order valence-electron chi connectivity index (χ0n) is 17.0. The van der Waals surface area contributed by atoms with Crippen LogP contribution in [0.25, 0.3) is 0 Å². The molecule has 166 valence electrons. The lowest BCUT2D eigenvalue weighted by atomic mass is 9.87. The smallest absolute Gasteiger partial charge is 0.326 e. The lowest BCUT2D eigenvalue weighted by molar-refractivity contribution is -0.140. The van der Waals surface area contributed by atoms with Crippen LogP contribution in [0.15, 0.2) is 34.3 Å². The molecule has 3 rings (SSSR count). The van der Waals surface area contributed by atoms with E-state index in [0.717, 1.165) is 32.1 Å². The fourth-order valence-electron chi connectivity index (χ4n) is 4.02. The van der Waals surface area contributed by atoms with Gasteiger partial charge in [-0.05, 0) is 56.4 Å². The summed E-state index contributed by atoms with van der Waals surface area (Å²) >= 11 is 0. The van der Waals surface area contributed by atoms with Crippen LogP contribution >= 0.6 is 0 Å². The van der Waals surface area contributed by atoms with Gasteiger partial charge in [-0.1, -0.05) is 6.42 Å². The van der Waals surface area contributed by atoms with Crippen molar-refractivity contribution in [2.75, 3.05) is 4.90 Å². The van der Waals surface area contributed by atoms with E-state index in [1.165, 1.54) is 0 Å². The molecule has 1 aromatic carbocycles. The maximum Gasteiger partial charge on any atom is 0.326 e. The second kappa shape index (κ2) is 9.02. The van der Waals surface area contributed by atoms with E-state index in [-0.39, 0.29) is 30.3 Å². The fraction of sp³-hybridized carbons (Fsp3) is 0.450. The Morgan fingerprint density at radius 3 is 2.32 bits per heavy atom. The summed E-state index contributed by atoms with van der Waals surface area (Å²) in [5.41, 5.74) is 12.4. The highest BCUT2D eigenvalue weighted by Gasteiger charge is 2.42. The summed E-state index contributed by atoms with van der Waals surface area (Å²) < 4.78 is 0. The van der Waals surface area contributed by atoms with Crippen LogP contribution < -0.4 is 21.7 Å². The van der Waals surface area contributed by atoms with Crippen LogP contribution in [0.4, 0.5) is 5.69 Å². The summed E-state index contributed by atoms with van der Waals surface area (Å²) in [4.78, 5) is 45.0. The number of hydrogen-bond donors (Lipinski definition) is 5. The number of carbonyl (C=O) groups is 3. The van der Waals surface area contributed by atoms with E-state index in [1.54, 1.807) is 24.3 Å². The highest BCUT2D eigenvalue weighted by atomic mass is 16.4. The van der Waals surface area contributed by atoms with E-state index in [1.807, 2.05) is 4.90 Å². The van der Waals surface area contributed by atoms with Crippen molar-refractivity contribution in [2.45, 2.75) is 56.7 Å². The molecule has 1 aliphatic heterocycles. The van der Waals surface area contributed by atoms with Gasteiger partial charge in [-0.2, -0.15) is 4.99 Å². The van der Waals surface area contributed by atoms with Gasteiger partial charge in [-0.25, -0.2) is 9.79 Å². The van der Waals surface area contributed by atoms with E-state index in [4.69, 9.17) is 16.6 Å². The van der Waals surface area contributed by atoms with Crippen LogP contribution in [0, 0.1) is 0 Å². The Labute approximate surface area is 178 Å². The highest BCUT2D eigenvalue weighted by molar-refractivity contribution is 6.06. The lowest BCUT2D eigenvalue weighted by Gasteiger charge is -2.45. The Morgan fingerprint density at radius 2 is 1.74 bits per heavy atom. The van der Waals surface area contributed by atoms with Gasteiger partial charge in [0.1, 0.15) is 11.7 Å². The zero-order chi connectivity index (χ0) is 22.6. The Hall–Kier alpha value is -3.63. The van der Waals surface area contributed by atoms with Crippen molar-refractivity contribution < 1.29 is 24.6 Å². The first-order valence-electron chi connectivity index (χ1n) is 10.1. The van der Waals surface area contributed by atoms with Crippen LogP contribution in [0.5, 0.6) is 0 Å². The first-order chi connectivity index (χ1) is 14.7. The topological polar surface area (TPSA) is 184 Å². The number of carboxylic acids is 2. The SMILES string of the molecule is NC1=NC2(CCCCC2)N(c2ccc(C(=O)NC(CCC(=O)O)C(=O)O)cc2)C(N)=N1. The molecule has 1 unspecified atom stereocenters. The molecule has 2 aliphatic rings. The molecule has 1 aliphatic carbocycles. The van der Waals surface area contributed by atoms with Crippen molar-refractivity contribution in [2.24, 2.45) is 21.5 Å². The number of guanidine groups is 2. The van der Waals surface area contributed by atoms with Crippen molar-refractivity contribution in [3.8, 4) is 0 Å². The molecule has 31 heavy (non-hydrogen) atoms. The quantitative estimate of drug-likeness (QED) is 0.421. The zero-order valence-corrected chi connectivity index (χ0v) is 17.0. The largest absolute Gasteiger partial charge is 0.481 e. The minimum atomic E-state index is -1.30. The minimum Gasteiger partial charge on any atom is -0.481 e. The van der Waals surface area contributed by atoms with Gasteiger partial charge in [-0.15, -0.1) is 0 Å². The van der Waals surface area contributed by atoms with E-state index in [9.17, 15) is 19.5 Å². The van der Waals surface area contributed by atoms with E-state index in [2.05, 4.69) is 15.3 Å². The summed E-state index contributed by atoms with van der Waals surface area (Å²) in [6.07, 6.45) is 4.04. The minimum absolute atomic E-state index is 0.146. The standard InChI is InChI=1S/C20H26N6O5/c21-18-24-19(22)26(20(25-18)10-2-1-3-11-20)13-6-4-12(5-7-13)16(29)23-14(17(30)31)8-9-15(27)28/h4-7,14H,1-3,8-11H2,(H,23,29)(H,27,28)(H,30,31)(H4,21,22,24,25). The number of nitrogens with zero attached hydrogens (tertiary/aromatic N) is 3. The molecule has 11 nitrogen and oxygen atoms in total. The van der Waals surface area contributed by atoms with Gasteiger partial charge in [0.05, 0.1) is 0 Å². The molecule has 1 amide bonds. The molecule has 0 aromatic heterocycles. The Balaban J connectivity index is 1.78. The molecule has 0 radical (unpaired) electrons. The Morgan fingerprint density at radius 1 is 1.10 bits per heavy atom. The molecule has 1 saturated carbocycles. The van der Waals surface area contributed by atoms with Crippen LogP contribution in [0.3, 0.4) is 0 Å². The second-order valence-corrected chi connectivity index (χ2v) is 7.66. The van der Waals surface area contributed by atoms with Gasteiger partial charge in [0.2, 0.25) is 11.9 Å². The van der Waals surface area contributed by atoms with Crippen molar-refractivity contribution in [1.82, 2.24) is 5.32 Å². The number of carboxylic acid groups (broad SMARTS) is 2. The van der Waals surface area contributed by atoms with E-state index < -0.39 is 29.6 Å². The summed E-state index contributed by atoms with van der Waals surface area (Å²) in [5.74, 6) is -2.66. The number of aliphatic carboxylic acids is 2. The molecule has 0 saturated heterocycles. The number of anilines is 1. The fourth-order valence-corrected chi connectivity index (χ4v) is 4.02. The van der Waals surface area contributed by atoms with E-state index in [0.29, 0.717) is 5.69 Å². The average molecular weight is 430 g/mol. The van der Waals surface area contributed by atoms with Gasteiger partial charge < -0.3 is 27.0 Å². The van der Waals surface area contributed by atoms with Crippen LogP contribution in [-0.2, 0) is 9.59 Å². The van der Waals surface area contributed by atoms with Gasteiger partial charge in [-0.3, -0.25) is 14.5 Å². The molecule has 1 atom stereocenters. The third-order valence-electron chi connectivity index (χ3n) is 5.49. The maximum atomic E-state index is 12.5. The highest BCUT2D eigenvalue weighted by Crippen LogP contribution is 2.39. The van der Waals surface area contributed by atoms with Crippen LogP contribution in [-0.4, -0.2) is 51.7 Å². The number of nitrogens with two attached hydrogens (primary N) is 2. The molecule has 0 bridgehead atoms. The van der Waals surface area contributed by atoms with Gasteiger partial charge in [0.15, 0.2) is 0 Å². The molecular weight excluding hydrogens is 404 g/mol. The second-order valence-electron chi connectivity index (χ2n) is 7.66. The molecule has 1 aromatic rings. The number of aliphatic imine (C=N–C) groups is 2. The lowest BCUT2D eigenvalue weighted by Crippen LogP contribution is -2.58. The number of rotatable bonds is 7. The summed E-state index contributed by atoms with van der Waals surface area (Å²) in [6.45, 7) is 0. The van der Waals surface area contributed by atoms with Crippen LogP contribution in [0.2, 0.25) is 0 Å². The van der Waals surface area contributed by atoms with Gasteiger partial charge in [0, 0.05) is 17.7 Å². The summed E-state index contributed by atoms with van der Waals surface area (Å²) in [5, 5.41) is 20.3. The number of hydrogen-bond acceptors (Lipinski definition) is 8. The molecule has 1 heterocycles. The maximum absolute atomic E-state index is 12.5. The van der Waals surface area contributed by atoms with Gasteiger partial charge in [0.25, 0.3) is 5.91 Å². The number of amides is 1. The average Bonchev–Trinajstić information content (AvgIpc) is 2.71. The number of benzene rings is 1. The Bertz CT molecular complexity index is 920. The predicted octanol–water partition coefficient (Wildman–Crippen LogP) is 0.844. The first-order valence-corrected chi connectivity index (χ1v) is 10.1. The first kappa shape index (κ1) is 22.1. The van der Waals surface area contributed by atoms with Crippen molar-refractivity contribution in [3.05, 3.63) is 29.8 Å². The molecule has 1 fully saturated rings. The predicted molar refractivity (Wildman–Crippen MR) is 114 cm³/mol. The third kappa shape index (κ3) is 4.93. The summed E-state index contributed by atoms with van der Waals surface area (Å²) in [6, 6.07) is 5.18. The van der Waals surface area contributed by atoms with Crippen molar-refractivity contribution in [1.29, 1.82) is 0 Å². The van der Waals surface area contributed by atoms with Crippen molar-refractivity contribution in [3.63, 3.8) is 0 Å². The molecule has 11 heteroatoms. The normalized spacial score (nSPS) is 18.6. The Kier molecular flexibility index (Phi) is 6.42. The number of nitrogens with one attached hydrogen (secondary N) is 1. The molecular formula is C20H26N6O5. The summed E-state index contributed by atoms with van der Waals surface area (Å²) in [7, 11) is 0. The van der Waals surface area contributed by atoms with E-state index >= 15 is 0 Å². The molecule has 7 N–H and O–H groups in total. The monoisotopic (exact) mass is 430 g/mol. The third-order valence-corrected chi connectivity index (χ3v) is 5.49. The molecule has 1 spiro atoms. The van der Waals surface area contributed by atoms with Crippen LogP contribution in [0.1, 0.15) is 55.3 Å². The van der Waals surface area contributed by atoms with Crippen molar-refractivity contribution >= 4 is 35.5 Å².